The van der Waals surface area contributed by atoms with Crippen molar-refractivity contribution in [2.75, 3.05) is 31.2 Å². The number of rotatable bonds is 1. The van der Waals surface area contributed by atoms with Crippen molar-refractivity contribution in [3.05, 3.63) is 28.2 Å². The molecule has 0 atom stereocenters. The minimum Gasteiger partial charge on any atom is -0.371 e. The Morgan fingerprint density at radius 3 is 2.29 bits per heavy atom. The minimum atomic E-state index is -4.37. The summed E-state index contributed by atoms with van der Waals surface area (Å²) in [5, 5.41) is 0. The third-order valence-electron chi connectivity index (χ3n) is 3.94. The highest BCUT2D eigenvalue weighted by Gasteiger charge is 2.42. The van der Waals surface area contributed by atoms with E-state index in [2.05, 4.69) is 15.9 Å². The molecule has 0 saturated carbocycles. The highest BCUT2D eigenvalue weighted by Crippen LogP contribution is 2.40. The number of piperidine rings is 1. The summed E-state index contributed by atoms with van der Waals surface area (Å²) in [7, 11) is 0. The molecule has 7 heteroatoms. The molecule has 0 aliphatic carbocycles. The average Bonchev–Trinajstić information content (AvgIpc) is 2.87. The molecule has 2 heterocycles. The van der Waals surface area contributed by atoms with Crippen LogP contribution in [-0.2, 0) is 15.7 Å². The summed E-state index contributed by atoms with van der Waals surface area (Å²) < 4.78 is 51.2. The lowest BCUT2D eigenvalue weighted by molar-refractivity contribution is -0.169. The Morgan fingerprint density at radius 1 is 1.10 bits per heavy atom. The van der Waals surface area contributed by atoms with Crippen molar-refractivity contribution >= 4 is 21.6 Å². The lowest BCUT2D eigenvalue weighted by Gasteiger charge is -2.39. The van der Waals surface area contributed by atoms with Gasteiger partial charge in [0.25, 0.3) is 0 Å². The van der Waals surface area contributed by atoms with Crippen LogP contribution in [0.15, 0.2) is 22.7 Å². The van der Waals surface area contributed by atoms with Crippen molar-refractivity contribution in [2.45, 2.75) is 24.8 Å². The van der Waals surface area contributed by atoms with Gasteiger partial charge in [-0.25, -0.2) is 0 Å². The first-order valence-electron chi connectivity index (χ1n) is 6.79. The Balaban J connectivity index is 1.82. The van der Waals surface area contributed by atoms with E-state index in [4.69, 9.17) is 9.47 Å². The molecule has 0 bridgehead atoms. The predicted octanol–water partition coefficient (Wildman–Crippen LogP) is 3.81. The van der Waals surface area contributed by atoms with E-state index in [-0.39, 0.29) is 5.69 Å². The summed E-state index contributed by atoms with van der Waals surface area (Å²) in [5.74, 6) is -0.579. The van der Waals surface area contributed by atoms with Crippen LogP contribution >= 0.6 is 15.9 Å². The first-order valence-corrected chi connectivity index (χ1v) is 7.59. The van der Waals surface area contributed by atoms with Crippen LogP contribution in [0.5, 0.6) is 0 Å². The summed E-state index contributed by atoms with van der Waals surface area (Å²) in [6, 6.07) is 4.28. The molecule has 2 aliphatic rings. The molecule has 2 saturated heterocycles. The van der Waals surface area contributed by atoms with E-state index in [1.54, 1.807) is 11.0 Å². The Bertz CT molecular complexity index is 519. The Labute approximate surface area is 129 Å². The minimum absolute atomic E-state index is 0.221. The summed E-state index contributed by atoms with van der Waals surface area (Å²) in [6.07, 6.45) is -3.20. The Kier molecular flexibility index (Phi) is 3.92. The molecule has 1 spiro atoms. The zero-order valence-electron chi connectivity index (χ0n) is 11.3. The Hall–Kier alpha value is -0.790. The third kappa shape index (κ3) is 3.05. The molecule has 0 radical (unpaired) electrons. The van der Waals surface area contributed by atoms with Crippen LogP contribution in [-0.4, -0.2) is 32.1 Å². The first-order chi connectivity index (χ1) is 9.90. The maximum Gasteiger partial charge on any atom is 0.418 e. The van der Waals surface area contributed by atoms with Crippen LogP contribution in [0.4, 0.5) is 18.9 Å². The lowest BCUT2D eigenvalue weighted by Crippen LogP contribution is -2.45. The van der Waals surface area contributed by atoms with E-state index in [1.807, 2.05) is 0 Å². The number of hydrogen-bond acceptors (Lipinski definition) is 3. The molecule has 3 rings (SSSR count). The highest BCUT2D eigenvalue weighted by molar-refractivity contribution is 9.10. The summed E-state index contributed by atoms with van der Waals surface area (Å²) in [4.78, 5) is 1.76. The van der Waals surface area contributed by atoms with Crippen molar-refractivity contribution in [1.82, 2.24) is 0 Å². The van der Waals surface area contributed by atoms with Crippen molar-refractivity contribution in [1.29, 1.82) is 0 Å². The zero-order valence-corrected chi connectivity index (χ0v) is 12.8. The van der Waals surface area contributed by atoms with E-state index >= 15 is 0 Å². The molecular weight excluding hydrogens is 351 g/mol. The van der Waals surface area contributed by atoms with E-state index in [0.29, 0.717) is 43.6 Å². The smallest absolute Gasteiger partial charge is 0.371 e. The van der Waals surface area contributed by atoms with Crippen molar-refractivity contribution < 1.29 is 22.6 Å². The highest BCUT2D eigenvalue weighted by atomic mass is 79.9. The molecule has 21 heavy (non-hydrogen) atoms. The summed E-state index contributed by atoms with van der Waals surface area (Å²) >= 11 is 3.10. The third-order valence-corrected chi connectivity index (χ3v) is 4.44. The molecule has 0 N–H and O–H groups in total. The first kappa shape index (κ1) is 15.1. The SMILES string of the molecule is FC(F)(F)c1cc(Br)ccc1N1CCC2(CC1)OCCO2. The largest absolute Gasteiger partial charge is 0.418 e. The molecule has 1 aromatic rings. The number of halogens is 4. The van der Waals surface area contributed by atoms with Gasteiger partial charge in [-0.2, -0.15) is 13.2 Å². The Morgan fingerprint density at radius 2 is 1.71 bits per heavy atom. The number of ether oxygens (including phenoxy) is 2. The van der Waals surface area contributed by atoms with Crippen LogP contribution in [0.2, 0.25) is 0 Å². The molecule has 2 fully saturated rings. The predicted molar refractivity (Wildman–Crippen MR) is 75.2 cm³/mol. The van der Waals surface area contributed by atoms with Gasteiger partial charge in [0.15, 0.2) is 5.79 Å². The lowest BCUT2D eigenvalue weighted by atomic mass is 10.0. The van der Waals surface area contributed by atoms with Gasteiger partial charge >= 0.3 is 6.18 Å². The maximum absolute atomic E-state index is 13.2. The second-order valence-electron chi connectivity index (χ2n) is 5.25. The normalized spacial score (nSPS) is 22.0. The fraction of sp³-hybridized carbons (Fsp3) is 0.571. The molecule has 1 aromatic carbocycles. The van der Waals surface area contributed by atoms with Gasteiger partial charge in [0, 0.05) is 36.1 Å². The van der Waals surface area contributed by atoms with Crippen LogP contribution in [0.25, 0.3) is 0 Å². The molecule has 2 aliphatic heterocycles. The van der Waals surface area contributed by atoms with Gasteiger partial charge in [-0.3, -0.25) is 0 Å². The molecule has 0 amide bonds. The van der Waals surface area contributed by atoms with Gasteiger partial charge in [0.05, 0.1) is 18.8 Å². The zero-order chi connectivity index (χ0) is 15.1. The monoisotopic (exact) mass is 365 g/mol. The molecule has 116 valence electrons. The quantitative estimate of drug-likeness (QED) is 0.755. The van der Waals surface area contributed by atoms with E-state index in [1.165, 1.54) is 6.07 Å². The molecule has 0 aromatic heterocycles. The van der Waals surface area contributed by atoms with Gasteiger partial charge in [-0.1, -0.05) is 15.9 Å². The van der Waals surface area contributed by atoms with Gasteiger partial charge < -0.3 is 14.4 Å². The number of anilines is 1. The van der Waals surface area contributed by atoms with Crippen LogP contribution in [0.1, 0.15) is 18.4 Å². The van der Waals surface area contributed by atoms with Gasteiger partial charge in [0.2, 0.25) is 0 Å². The average molecular weight is 366 g/mol. The second kappa shape index (κ2) is 5.44. The molecule has 0 unspecified atom stereocenters. The fourth-order valence-electron chi connectivity index (χ4n) is 2.89. The number of benzene rings is 1. The summed E-state index contributed by atoms with van der Waals surface area (Å²) in [5.41, 5.74) is -0.389. The van der Waals surface area contributed by atoms with E-state index in [0.717, 1.165) is 6.07 Å². The number of hydrogen-bond donors (Lipinski definition) is 0. The van der Waals surface area contributed by atoms with E-state index < -0.39 is 17.5 Å². The topological polar surface area (TPSA) is 21.7 Å². The van der Waals surface area contributed by atoms with Crippen molar-refractivity contribution in [3.63, 3.8) is 0 Å². The number of alkyl halides is 3. The van der Waals surface area contributed by atoms with Crippen LogP contribution in [0.3, 0.4) is 0 Å². The van der Waals surface area contributed by atoms with Crippen LogP contribution < -0.4 is 4.90 Å². The van der Waals surface area contributed by atoms with Crippen molar-refractivity contribution in [2.24, 2.45) is 0 Å². The van der Waals surface area contributed by atoms with Gasteiger partial charge in [-0.15, -0.1) is 0 Å². The second-order valence-corrected chi connectivity index (χ2v) is 6.17. The maximum atomic E-state index is 13.2. The number of nitrogens with zero attached hydrogens (tertiary/aromatic N) is 1. The molecular formula is C14H15BrF3NO2. The van der Waals surface area contributed by atoms with E-state index in [9.17, 15) is 13.2 Å². The molecule has 3 nitrogen and oxygen atoms in total. The van der Waals surface area contributed by atoms with Crippen molar-refractivity contribution in [3.8, 4) is 0 Å². The fourth-order valence-corrected chi connectivity index (χ4v) is 3.25. The summed E-state index contributed by atoms with van der Waals surface area (Å²) in [6.45, 7) is 2.10. The van der Waals surface area contributed by atoms with Crippen LogP contribution in [0, 0.1) is 0 Å². The standard InChI is InChI=1S/C14H15BrF3NO2/c15-10-1-2-12(11(9-10)14(16,17)18)19-5-3-13(4-6-19)20-7-8-21-13/h1-2,9H,3-8H2. The van der Waals surface area contributed by atoms with Gasteiger partial charge in [0.1, 0.15) is 0 Å². The van der Waals surface area contributed by atoms with Gasteiger partial charge in [-0.05, 0) is 18.2 Å².